The van der Waals surface area contributed by atoms with E-state index >= 15 is 0 Å². The second-order valence-corrected chi connectivity index (χ2v) is 11.3. The lowest BCUT2D eigenvalue weighted by molar-refractivity contribution is -0.393. The van der Waals surface area contributed by atoms with Crippen molar-refractivity contribution in [1.82, 2.24) is 0 Å². The summed E-state index contributed by atoms with van der Waals surface area (Å²) in [6, 6.07) is 0. The van der Waals surface area contributed by atoms with Gasteiger partial charge < -0.3 is 9.84 Å². The summed E-state index contributed by atoms with van der Waals surface area (Å²) in [5.41, 5.74) is -6.23. The fourth-order valence-corrected chi connectivity index (χ4v) is 7.63. The van der Waals surface area contributed by atoms with Gasteiger partial charge in [-0.2, -0.15) is 26.3 Å². The number of halogens is 6. The first-order valence-corrected chi connectivity index (χ1v) is 11.7. The lowest BCUT2D eigenvalue weighted by Crippen LogP contribution is -2.66. The van der Waals surface area contributed by atoms with E-state index in [1.807, 2.05) is 6.92 Å². The van der Waals surface area contributed by atoms with Gasteiger partial charge in [0, 0.05) is 0 Å². The zero-order valence-electron chi connectivity index (χ0n) is 18.6. The molecule has 4 fully saturated rings. The summed E-state index contributed by atoms with van der Waals surface area (Å²) in [5.74, 6) is -0.642. The molecule has 1 N–H and O–H groups in total. The fraction of sp³-hybridized carbons (Fsp3) is 0.957. The Morgan fingerprint density at radius 2 is 1.62 bits per heavy atom. The summed E-state index contributed by atoms with van der Waals surface area (Å²) in [4.78, 5) is 13.2. The van der Waals surface area contributed by atoms with E-state index in [9.17, 15) is 36.2 Å². The van der Waals surface area contributed by atoms with Gasteiger partial charge in [0.15, 0.2) is 0 Å². The molecule has 0 amide bonds. The van der Waals surface area contributed by atoms with Crippen LogP contribution in [0.4, 0.5) is 26.3 Å². The summed E-state index contributed by atoms with van der Waals surface area (Å²) in [5, 5.41) is 10.1. The third kappa shape index (κ3) is 3.47. The second-order valence-electron chi connectivity index (χ2n) is 11.3. The highest BCUT2D eigenvalue weighted by molar-refractivity contribution is 5.78. The number of esters is 1. The fourth-order valence-electron chi connectivity index (χ4n) is 7.63. The normalized spacial score (nSPS) is 42.5. The van der Waals surface area contributed by atoms with E-state index in [-0.39, 0.29) is 29.6 Å². The SMILES string of the molecule is CC1C2CC(C1C)C(C)(C(=O)OC(CC1CC3CCC1C3)C(O)(C(F)(F)F)C(F)(F)F)C2. The molecule has 32 heavy (non-hydrogen) atoms. The molecule has 9 atom stereocenters. The minimum atomic E-state index is -6.02. The minimum absolute atomic E-state index is 0.0193. The van der Waals surface area contributed by atoms with Gasteiger partial charge in [0.2, 0.25) is 0 Å². The van der Waals surface area contributed by atoms with Gasteiger partial charge in [0.1, 0.15) is 6.10 Å². The molecule has 0 aromatic carbocycles. The van der Waals surface area contributed by atoms with Crippen molar-refractivity contribution in [1.29, 1.82) is 0 Å². The molecule has 0 aromatic heterocycles. The van der Waals surface area contributed by atoms with Gasteiger partial charge in [-0.15, -0.1) is 0 Å². The molecule has 4 saturated carbocycles. The predicted molar refractivity (Wildman–Crippen MR) is 103 cm³/mol. The Kier molecular flexibility index (Phi) is 5.66. The topological polar surface area (TPSA) is 46.5 Å². The zero-order chi connectivity index (χ0) is 23.9. The third-order valence-corrected chi connectivity index (χ3v) is 9.72. The summed E-state index contributed by atoms with van der Waals surface area (Å²) in [7, 11) is 0. The number of hydrogen-bond acceptors (Lipinski definition) is 3. The Bertz CT molecular complexity index is 733. The van der Waals surface area contributed by atoms with Gasteiger partial charge >= 0.3 is 18.3 Å². The van der Waals surface area contributed by atoms with Gasteiger partial charge in [-0.25, -0.2) is 0 Å². The largest absolute Gasteiger partial charge is 0.458 e. The molecular formula is C23H32F6O3. The van der Waals surface area contributed by atoms with Crippen LogP contribution in [-0.4, -0.2) is 35.1 Å². The molecule has 3 nitrogen and oxygen atoms in total. The summed E-state index contributed by atoms with van der Waals surface area (Å²) < 4.78 is 87.6. The molecule has 184 valence electrons. The average Bonchev–Trinajstić information content (AvgIpc) is 3.42. The van der Waals surface area contributed by atoms with Crippen molar-refractivity contribution in [2.75, 3.05) is 0 Å². The highest BCUT2D eigenvalue weighted by atomic mass is 19.4. The highest BCUT2D eigenvalue weighted by Crippen LogP contribution is 2.62. The first-order chi connectivity index (χ1) is 14.6. The molecular weight excluding hydrogens is 438 g/mol. The van der Waals surface area contributed by atoms with E-state index in [1.54, 1.807) is 6.92 Å². The Labute approximate surface area is 184 Å². The number of alkyl halides is 6. The van der Waals surface area contributed by atoms with Crippen molar-refractivity contribution >= 4 is 5.97 Å². The number of rotatable bonds is 5. The van der Waals surface area contributed by atoms with Crippen molar-refractivity contribution < 1.29 is 41.0 Å². The first-order valence-electron chi connectivity index (χ1n) is 11.7. The number of ether oxygens (including phenoxy) is 1. The van der Waals surface area contributed by atoms with Crippen LogP contribution in [0.15, 0.2) is 0 Å². The number of carbonyl (C=O) groups is 1. The molecule has 0 radical (unpaired) electrons. The molecule has 4 bridgehead atoms. The molecule has 0 aliphatic heterocycles. The molecule has 0 aromatic rings. The highest BCUT2D eigenvalue weighted by Gasteiger charge is 2.76. The molecule has 0 heterocycles. The quantitative estimate of drug-likeness (QED) is 0.402. The van der Waals surface area contributed by atoms with Crippen molar-refractivity contribution in [3.8, 4) is 0 Å². The molecule has 0 saturated heterocycles. The number of hydrogen-bond donors (Lipinski definition) is 1. The van der Waals surface area contributed by atoms with Crippen LogP contribution in [0.3, 0.4) is 0 Å². The van der Waals surface area contributed by atoms with Gasteiger partial charge in [-0.1, -0.05) is 20.3 Å². The van der Waals surface area contributed by atoms with Crippen molar-refractivity contribution in [3.63, 3.8) is 0 Å². The average molecular weight is 470 g/mol. The molecule has 4 aliphatic rings. The van der Waals surface area contributed by atoms with Gasteiger partial charge in [0.05, 0.1) is 5.41 Å². The van der Waals surface area contributed by atoms with Gasteiger partial charge in [-0.05, 0) is 86.9 Å². The van der Waals surface area contributed by atoms with Crippen molar-refractivity contribution in [2.24, 2.45) is 46.8 Å². The molecule has 9 heteroatoms. The van der Waals surface area contributed by atoms with Gasteiger partial charge in [-0.3, -0.25) is 4.79 Å². The summed E-state index contributed by atoms with van der Waals surface area (Å²) >= 11 is 0. The Hall–Kier alpha value is -0.990. The summed E-state index contributed by atoms with van der Waals surface area (Å²) in [6.45, 7) is 5.62. The van der Waals surface area contributed by atoms with Crippen molar-refractivity contribution in [3.05, 3.63) is 0 Å². The minimum Gasteiger partial charge on any atom is -0.458 e. The molecule has 0 spiro atoms. The lowest BCUT2D eigenvalue weighted by Gasteiger charge is -2.43. The standard InChI is InChI=1S/C23H32F6O3/c1-11-12(2)17-8-16(11)10-20(17,3)19(30)32-18(9-15-7-13-4-5-14(15)6-13)21(31,22(24,25)26)23(27,28)29/h11-18,31H,4-10H2,1-3H3. The Morgan fingerprint density at radius 1 is 1.00 bits per heavy atom. The van der Waals surface area contributed by atoms with Crippen LogP contribution in [0.2, 0.25) is 0 Å². The number of fused-ring (bicyclic) bond motifs is 4. The third-order valence-electron chi connectivity index (χ3n) is 9.72. The predicted octanol–water partition coefficient (Wildman–Crippen LogP) is 5.90. The van der Waals surface area contributed by atoms with E-state index in [0.717, 1.165) is 19.3 Å². The molecule has 4 aliphatic carbocycles. The number of aliphatic hydroxyl groups is 1. The number of carbonyl (C=O) groups excluding carboxylic acids is 1. The smallest absolute Gasteiger partial charge is 0.430 e. The first kappa shape index (κ1) is 24.1. The van der Waals surface area contributed by atoms with E-state index in [2.05, 4.69) is 6.92 Å². The van der Waals surface area contributed by atoms with Crippen molar-refractivity contribution in [2.45, 2.75) is 89.8 Å². The van der Waals surface area contributed by atoms with Crippen LogP contribution >= 0.6 is 0 Å². The van der Waals surface area contributed by atoms with Crippen LogP contribution in [0.25, 0.3) is 0 Å². The van der Waals surface area contributed by atoms with Crippen LogP contribution in [-0.2, 0) is 9.53 Å². The second kappa shape index (κ2) is 7.51. The van der Waals surface area contributed by atoms with Crippen LogP contribution < -0.4 is 0 Å². The van der Waals surface area contributed by atoms with Crippen LogP contribution in [0, 0.1) is 46.8 Å². The zero-order valence-corrected chi connectivity index (χ0v) is 18.6. The summed E-state index contributed by atoms with van der Waals surface area (Å²) in [6.07, 6.45) is -11.3. The Morgan fingerprint density at radius 3 is 2.06 bits per heavy atom. The van der Waals surface area contributed by atoms with E-state index in [1.165, 1.54) is 0 Å². The van der Waals surface area contributed by atoms with Crippen LogP contribution in [0.1, 0.15) is 65.7 Å². The molecule has 4 rings (SSSR count). The maximum absolute atomic E-state index is 13.7. The van der Waals surface area contributed by atoms with E-state index in [4.69, 9.17) is 4.74 Å². The van der Waals surface area contributed by atoms with Gasteiger partial charge in [0.25, 0.3) is 5.60 Å². The maximum atomic E-state index is 13.7. The monoisotopic (exact) mass is 470 g/mol. The van der Waals surface area contributed by atoms with Crippen LogP contribution in [0.5, 0.6) is 0 Å². The lowest BCUT2D eigenvalue weighted by atomic mass is 9.66. The van der Waals surface area contributed by atoms with E-state index in [0.29, 0.717) is 25.2 Å². The van der Waals surface area contributed by atoms with E-state index < -0.39 is 47.8 Å². The maximum Gasteiger partial charge on any atom is 0.430 e. The molecule has 9 unspecified atom stereocenters. The Balaban J connectivity index is 1.63.